The van der Waals surface area contributed by atoms with Crippen LogP contribution in [0.3, 0.4) is 0 Å². The summed E-state index contributed by atoms with van der Waals surface area (Å²) < 4.78 is 5.65. The molecule has 1 aromatic heterocycles. The molecule has 0 atom stereocenters. The van der Waals surface area contributed by atoms with Gasteiger partial charge in [0, 0.05) is 18.3 Å². The second kappa shape index (κ2) is 10.2. The van der Waals surface area contributed by atoms with E-state index in [1.165, 1.54) is 30.6 Å². The Morgan fingerprint density at radius 1 is 1.16 bits per heavy atom. The van der Waals surface area contributed by atoms with Crippen molar-refractivity contribution < 1.29 is 14.5 Å². The lowest BCUT2D eigenvalue weighted by Crippen LogP contribution is -2.18. The molecular formula is C20H13Cl3N4O4. The Morgan fingerprint density at radius 3 is 2.45 bits per heavy atom. The molecule has 158 valence electrons. The molecule has 8 nitrogen and oxygen atoms in total. The summed E-state index contributed by atoms with van der Waals surface area (Å²) in [5.74, 6) is -0.264. The summed E-state index contributed by atoms with van der Waals surface area (Å²) in [6.07, 6.45) is 2.83. The third kappa shape index (κ3) is 5.91. The molecule has 0 saturated carbocycles. The smallest absolute Gasteiger partial charge is 0.274 e. The fourth-order valence-corrected chi connectivity index (χ4v) is 3.26. The van der Waals surface area contributed by atoms with Gasteiger partial charge in [0.1, 0.15) is 11.8 Å². The summed E-state index contributed by atoms with van der Waals surface area (Å²) >= 11 is 18.4. The Bertz CT molecular complexity index is 1130. The van der Waals surface area contributed by atoms with E-state index >= 15 is 0 Å². The maximum absolute atomic E-state index is 12.1. The molecule has 0 aliphatic rings. The van der Waals surface area contributed by atoms with Crippen molar-refractivity contribution >= 4 is 52.6 Å². The van der Waals surface area contributed by atoms with Crippen molar-refractivity contribution in [1.82, 2.24) is 10.4 Å². The van der Waals surface area contributed by atoms with Crippen LogP contribution in [0.15, 0.2) is 59.8 Å². The summed E-state index contributed by atoms with van der Waals surface area (Å²) in [5.41, 5.74) is 3.75. The van der Waals surface area contributed by atoms with Crippen molar-refractivity contribution in [3.05, 3.63) is 96.7 Å². The van der Waals surface area contributed by atoms with Crippen LogP contribution in [0.2, 0.25) is 15.2 Å². The normalized spacial score (nSPS) is 10.8. The number of rotatable bonds is 7. The molecule has 11 heteroatoms. The second-order valence-corrected chi connectivity index (χ2v) is 7.24. The summed E-state index contributed by atoms with van der Waals surface area (Å²) in [7, 11) is 0. The number of halogens is 3. The highest BCUT2D eigenvalue weighted by Gasteiger charge is 2.12. The minimum atomic E-state index is -0.519. The number of hydrazone groups is 1. The number of nitrogens with one attached hydrogen (secondary N) is 1. The van der Waals surface area contributed by atoms with Crippen molar-refractivity contribution in [3.63, 3.8) is 0 Å². The molecule has 31 heavy (non-hydrogen) atoms. The van der Waals surface area contributed by atoms with Crippen LogP contribution in [0.5, 0.6) is 5.75 Å². The van der Waals surface area contributed by atoms with Crippen molar-refractivity contribution in [3.8, 4) is 5.75 Å². The molecule has 1 N–H and O–H groups in total. The maximum Gasteiger partial charge on any atom is 0.274 e. The van der Waals surface area contributed by atoms with Gasteiger partial charge in [-0.1, -0.05) is 34.8 Å². The van der Waals surface area contributed by atoms with Crippen LogP contribution in [0.25, 0.3) is 0 Å². The molecular weight excluding hydrogens is 467 g/mol. The topological polar surface area (TPSA) is 107 Å². The largest absolute Gasteiger partial charge is 0.486 e. The standard InChI is InChI=1S/C20H13Cl3N4O4/c21-16-8-13(10-25-26-20(28)15-2-1-7-24-19(15)23)9-17(22)18(16)31-11-12-3-5-14(6-4-12)27(29)30/h1-10H,11H2,(H,26,28). The van der Waals surface area contributed by atoms with Crippen LogP contribution in [0.4, 0.5) is 5.69 Å². The van der Waals surface area contributed by atoms with E-state index < -0.39 is 10.8 Å². The molecule has 3 rings (SSSR count). The average molecular weight is 480 g/mol. The molecule has 0 unspecified atom stereocenters. The molecule has 0 spiro atoms. The lowest BCUT2D eigenvalue weighted by molar-refractivity contribution is -0.384. The fourth-order valence-electron chi connectivity index (χ4n) is 2.44. The summed E-state index contributed by atoms with van der Waals surface area (Å²) in [6, 6.07) is 12.2. The number of nitro benzene ring substituents is 1. The molecule has 0 fully saturated rings. The van der Waals surface area contributed by atoms with Gasteiger partial charge in [0.2, 0.25) is 0 Å². The number of nitrogens with zero attached hydrogens (tertiary/aromatic N) is 3. The minimum absolute atomic E-state index is 0.0126. The Balaban J connectivity index is 1.64. The molecule has 3 aromatic rings. The first-order valence-corrected chi connectivity index (χ1v) is 9.77. The van der Waals surface area contributed by atoms with Crippen molar-refractivity contribution in [2.45, 2.75) is 6.61 Å². The van der Waals surface area contributed by atoms with Crippen LogP contribution < -0.4 is 10.2 Å². The fraction of sp³-hybridized carbons (Fsp3) is 0.0500. The second-order valence-electron chi connectivity index (χ2n) is 6.07. The number of carbonyl (C=O) groups excluding carboxylic acids is 1. The number of ether oxygens (including phenoxy) is 1. The molecule has 0 bridgehead atoms. The number of amides is 1. The SMILES string of the molecule is O=C(NN=Cc1cc(Cl)c(OCc2ccc([N+](=O)[O-])cc2)c(Cl)c1)c1cccnc1Cl. The Labute approximate surface area is 191 Å². The predicted octanol–water partition coefficient (Wildman–Crippen LogP) is 5.29. The van der Waals surface area contributed by atoms with E-state index in [1.807, 2.05) is 0 Å². The third-order valence-electron chi connectivity index (χ3n) is 3.93. The third-order valence-corrected chi connectivity index (χ3v) is 4.80. The molecule has 0 radical (unpaired) electrons. The van der Waals surface area contributed by atoms with Gasteiger partial charge in [-0.15, -0.1) is 0 Å². The van der Waals surface area contributed by atoms with Gasteiger partial charge in [-0.25, -0.2) is 10.4 Å². The zero-order valence-corrected chi connectivity index (χ0v) is 17.9. The van der Waals surface area contributed by atoms with E-state index in [4.69, 9.17) is 39.5 Å². The highest BCUT2D eigenvalue weighted by atomic mass is 35.5. The molecule has 1 heterocycles. The zero-order valence-electron chi connectivity index (χ0n) is 15.6. The van der Waals surface area contributed by atoms with E-state index in [-0.39, 0.29) is 38.8 Å². The summed E-state index contributed by atoms with van der Waals surface area (Å²) in [4.78, 5) is 26.1. The Morgan fingerprint density at radius 2 is 1.84 bits per heavy atom. The number of aromatic nitrogens is 1. The van der Waals surface area contributed by atoms with E-state index in [0.29, 0.717) is 11.1 Å². The van der Waals surface area contributed by atoms with E-state index in [1.54, 1.807) is 30.3 Å². The van der Waals surface area contributed by atoms with E-state index in [0.717, 1.165) is 0 Å². The first kappa shape index (κ1) is 22.5. The maximum atomic E-state index is 12.1. The van der Waals surface area contributed by atoms with Crippen molar-refractivity contribution in [2.24, 2.45) is 5.10 Å². The van der Waals surface area contributed by atoms with Gasteiger partial charge in [-0.3, -0.25) is 14.9 Å². The van der Waals surface area contributed by atoms with Crippen LogP contribution >= 0.6 is 34.8 Å². The lowest BCUT2D eigenvalue weighted by atomic mass is 10.2. The molecule has 0 aliphatic carbocycles. The van der Waals surface area contributed by atoms with Gasteiger partial charge in [0.05, 0.1) is 26.7 Å². The highest BCUT2D eigenvalue weighted by molar-refractivity contribution is 6.37. The highest BCUT2D eigenvalue weighted by Crippen LogP contribution is 2.34. The van der Waals surface area contributed by atoms with Gasteiger partial charge in [0.25, 0.3) is 11.6 Å². The van der Waals surface area contributed by atoms with E-state index in [2.05, 4.69) is 15.5 Å². The Hall–Kier alpha value is -3.20. The molecule has 0 aliphatic heterocycles. The lowest BCUT2D eigenvalue weighted by Gasteiger charge is -2.11. The molecule has 0 saturated heterocycles. The van der Waals surface area contributed by atoms with Gasteiger partial charge in [0.15, 0.2) is 5.75 Å². The zero-order chi connectivity index (χ0) is 22.4. The van der Waals surface area contributed by atoms with Crippen LogP contribution in [-0.4, -0.2) is 22.0 Å². The van der Waals surface area contributed by atoms with Crippen molar-refractivity contribution in [2.75, 3.05) is 0 Å². The first-order valence-electron chi connectivity index (χ1n) is 8.64. The number of non-ortho nitro benzene ring substituents is 1. The van der Waals surface area contributed by atoms with E-state index in [9.17, 15) is 14.9 Å². The Kier molecular flexibility index (Phi) is 7.41. The quantitative estimate of drug-likeness (QED) is 0.214. The van der Waals surface area contributed by atoms with Gasteiger partial charge in [-0.05, 0) is 47.5 Å². The van der Waals surface area contributed by atoms with Crippen LogP contribution in [0, 0.1) is 10.1 Å². The van der Waals surface area contributed by atoms with Gasteiger partial charge >= 0.3 is 0 Å². The van der Waals surface area contributed by atoms with Crippen molar-refractivity contribution in [1.29, 1.82) is 0 Å². The number of hydrogen-bond donors (Lipinski definition) is 1. The van der Waals surface area contributed by atoms with Gasteiger partial charge < -0.3 is 4.74 Å². The van der Waals surface area contributed by atoms with Gasteiger partial charge in [-0.2, -0.15) is 5.10 Å². The number of nitro groups is 1. The number of hydrogen-bond acceptors (Lipinski definition) is 6. The molecule has 1 amide bonds. The number of carbonyl (C=O) groups is 1. The van der Waals surface area contributed by atoms with Crippen LogP contribution in [-0.2, 0) is 6.61 Å². The minimum Gasteiger partial charge on any atom is -0.486 e. The molecule has 2 aromatic carbocycles. The van der Waals surface area contributed by atoms with Crippen LogP contribution in [0.1, 0.15) is 21.5 Å². The summed E-state index contributed by atoms with van der Waals surface area (Å²) in [6.45, 7) is 0.118. The number of pyridine rings is 1. The predicted molar refractivity (Wildman–Crippen MR) is 118 cm³/mol. The number of benzene rings is 2. The monoisotopic (exact) mass is 478 g/mol. The summed E-state index contributed by atoms with van der Waals surface area (Å²) in [5, 5.41) is 15.1. The average Bonchev–Trinajstić information content (AvgIpc) is 2.73. The first-order chi connectivity index (χ1) is 14.8.